The molecule has 0 amide bonds. The zero-order valence-electron chi connectivity index (χ0n) is 15.3. The molecule has 7 nitrogen and oxygen atoms in total. The third-order valence-corrected chi connectivity index (χ3v) is 6.51. The van der Waals surface area contributed by atoms with E-state index in [4.69, 9.17) is 21.4 Å². The molecule has 2 aromatic heterocycles. The second-order valence-electron chi connectivity index (χ2n) is 6.32. The van der Waals surface area contributed by atoms with Gasteiger partial charge in [0.15, 0.2) is 0 Å². The van der Waals surface area contributed by atoms with Crippen LogP contribution in [0.5, 0.6) is 5.75 Å². The molecular weight excluding hydrogens is 404 g/mol. The molecule has 148 valence electrons. The molecule has 0 aliphatic rings. The van der Waals surface area contributed by atoms with Crippen molar-refractivity contribution in [3.63, 3.8) is 0 Å². The number of rotatable bonds is 7. The SMILES string of the molecule is COc1ccc(S(=O)(=O)n2c(CCCC(=O)O)cc3nc(Cl)ccc32)c(C)c1. The number of nitrogens with zero attached hydrogens (tertiary/aromatic N) is 2. The molecule has 0 fully saturated rings. The predicted molar refractivity (Wildman–Crippen MR) is 106 cm³/mol. The molecule has 0 unspecified atom stereocenters. The van der Waals surface area contributed by atoms with E-state index in [1.165, 1.54) is 23.2 Å². The van der Waals surface area contributed by atoms with E-state index in [2.05, 4.69) is 4.98 Å². The molecule has 9 heteroatoms. The van der Waals surface area contributed by atoms with E-state index in [0.29, 0.717) is 34.5 Å². The van der Waals surface area contributed by atoms with Crippen LogP contribution in [-0.2, 0) is 21.2 Å². The van der Waals surface area contributed by atoms with Crippen molar-refractivity contribution < 1.29 is 23.1 Å². The first-order valence-corrected chi connectivity index (χ1v) is 10.3. The van der Waals surface area contributed by atoms with E-state index in [1.54, 1.807) is 31.2 Å². The fourth-order valence-corrected chi connectivity index (χ4v) is 5.03. The Labute approximate surface area is 167 Å². The fraction of sp³-hybridized carbons (Fsp3) is 0.263. The molecule has 0 saturated heterocycles. The number of pyridine rings is 1. The van der Waals surface area contributed by atoms with Crippen molar-refractivity contribution in [2.24, 2.45) is 0 Å². The van der Waals surface area contributed by atoms with Gasteiger partial charge in [-0.15, -0.1) is 0 Å². The zero-order valence-corrected chi connectivity index (χ0v) is 16.9. The number of carboxylic acids is 1. The average molecular weight is 423 g/mol. The van der Waals surface area contributed by atoms with Crippen LogP contribution in [-0.4, -0.2) is 35.6 Å². The number of halogens is 1. The van der Waals surface area contributed by atoms with Crippen molar-refractivity contribution in [3.05, 3.63) is 52.8 Å². The topological polar surface area (TPSA) is 98.5 Å². The molecule has 0 aliphatic heterocycles. The lowest BCUT2D eigenvalue weighted by Gasteiger charge is -2.14. The largest absolute Gasteiger partial charge is 0.497 e. The molecule has 3 aromatic rings. The van der Waals surface area contributed by atoms with Crippen molar-refractivity contribution in [2.75, 3.05) is 7.11 Å². The summed E-state index contributed by atoms with van der Waals surface area (Å²) in [5, 5.41) is 9.14. The molecule has 0 aliphatic carbocycles. The molecule has 2 heterocycles. The molecular formula is C19H19ClN2O5S. The molecule has 0 saturated carbocycles. The standard InChI is InChI=1S/C19H19ClN2O5S/c1-12-10-14(27-2)6-8-17(12)28(25,26)22-13(4-3-5-19(23)24)11-15-16(22)7-9-18(20)21-15/h6-11H,3-5H2,1-2H3,(H,23,24). The van der Waals surface area contributed by atoms with Crippen molar-refractivity contribution in [3.8, 4) is 5.75 Å². The zero-order chi connectivity index (χ0) is 20.5. The average Bonchev–Trinajstić information content (AvgIpc) is 2.98. The van der Waals surface area contributed by atoms with Crippen LogP contribution >= 0.6 is 11.6 Å². The summed E-state index contributed by atoms with van der Waals surface area (Å²) in [5.74, 6) is -0.373. The molecule has 0 spiro atoms. The molecule has 1 aromatic carbocycles. The Balaban J connectivity index is 2.17. The van der Waals surface area contributed by atoms with Crippen LogP contribution in [0.3, 0.4) is 0 Å². The van der Waals surface area contributed by atoms with Gasteiger partial charge in [-0.25, -0.2) is 17.4 Å². The highest BCUT2D eigenvalue weighted by atomic mass is 35.5. The van der Waals surface area contributed by atoms with Gasteiger partial charge in [-0.3, -0.25) is 4.79 Å². The summed E-state index contributed by atoms with van der Waals surface area (Å²) in [4.78, 5) is 15.2. The Morgan fingerprint density at radius 1 is 1.25 bits per heavy atom. The summed E-state index contributed by atoms with van der Waals surface area (Å²) in [6, 6.07) is 9.50. The summed E-state index contributed by atoms with van der Waals surface area (Å²) in [7, 11) is -2.43. The second kappa shape index (κ2) is 7.81. The van der Waals surface area contributed by atoms with Gasteiger partial charge in [-0.1, -0.05) is 11.6 Å². The minimum absolute atomic E-state index is 0.0582. The molecule has 0 bridgehead atoms. The number of aryl methyl sites for hydroxylation is 2. The van der Waals surface area contributed by atoms with Gasteiger partial charge in [0.05, 0.1) is 23.0 Å². The lowest BCUT2D eigenvalue weighted by molar-refractivity contribution is -0.137. The highest BCUT2D eigenvalue weighted by Crippen LogP contribution is 2.29. The molecule has 1 N–H and O–H groups in total. The Morgan fingerprint density at radius 3 is 2.64 bits per heavy atom. The van der Waals surface area contributed by atoms with E-state index in [9.17, 15) is 13.2 Å². The fourth-order valence-electron chi connectivity index (χ4n) is 3.11. The van der Waals surface area contributed by atoms with Crippen molar-refractivity contribution in [2.45, 2.75) is 31.1 Å². The van der Waals surface area contributed by atoms with Gasteiger partial charge in [-0.05, 0) is 61.7 Å². The number of methoxy groups -OCH3 is 1. The summed E-state index contributed by atoms with van der Waals surface area (Å²) in [5.41, 5.74) is 1.83. The Hall–Kier alpha value is -2.58. The number of carboxylic acid groups (broad SMARTS) is 1. The maximum absolute atomic E-state index is 13.5. The van der Waals surface area contributed by atoms with Gasteiger partial charge < -0.3 is 9.84 Å². The number of aliphatic carboxylic acids is 1. The van der Waals surface area contributed by atoms with Crippen molar-refractivity contribution >= 4 is 38.6 Å². The summed E-state index contributed by atoms with van der Waals surface area (Å²) in [6.45, 7) is 1.69. The van der Waals surface area contributed by atoms with Crippen LogP contribution in [0.1, 0.15) is 24.1 Å². The number of ether oxygens (including phenoxy) is 1. The van der Waals surface area contributed by atoms with E-state index >= 15 is 0 Å². The van der Waals surface area contributed by atoms with E-state index in [1.807, 2.05) is 0 Å². The number of hydrogen-bond donors (Lipinski definition) is 1. The van der Waals surface area contributed by atoms with E-state index in [-0.39, 0.29) is 22.9 Å². The van der Waals surface area contributed by atoms with Gasteiger partial charge in [0.1, 0.15) is 10.9 Å². The lowest BCUT2D eigenvalue weighted by Crippen LogP contribution is -2.17. The molecule has 3 rings (SSSR count). The van der Waals surface area contributed by atoms with E-state index in [0.717, 1.165) is 0 Å². The van der Waals surface area contributed by atoms with Gasteiger partial charge in [0.25, 0.3) is 10.0 Å². The van der Waals surface area contributed by atoms with E-state index < -0.39 is 16.0 Å². The maximum Gasteiger partial charge on any atom is 0.303 e. The number of fused-ring (bicyclic) bond motifs is 1. The Morgan fingerprint density at radius 2 is 2.00 bits per heavy atom. The maximum atomic E-state index is 13.5. The summed E-state index contributed by atoms with van der Waals surface area (Å²) < 4.78 is 33.3. The third kappa shape index (κ3) is 3.83. The molecule has 0 radical (unpaired) electrons. The van der Waals surface area contributed by atoms with Crippen LogP contribution < -0.4 is 4.74 Å². The number of carbonyl (C=O) groups is 1. The second-order valence-corrected chi connectivity index (χ2v) is 8.46. The highest BCUT2D eigenvalue weighted by Gasteiger charge is 2.25. The minimum Gasteiger partial charge on any atom is -0.497 e. The normalized spacial score (nSPS) is 11.7. The predicted octanol–water partition coefficient (Wildman–Crippen LogP) is 3.65. The lowest BCUT2D eigenvalue weighted by atomic mass is 10.2. The van der Waals surface area contributed by atoms with Gasteiger partial charge >= 0.3 is 5.97 Å². The number of hydrogen-bond acceptors (Lipinski definition) is 5. The first kappa shape index (κ1) is 20.2. The van der Waals surface area contributed by atoms with Gasteiger partial charge in [0, 0.05) is 12.1 Å². The monoisotopic (exact) mass is 422 g/mol. The molecule has 28 heavy (non-hydrogen) atoms. The number of benzene rings is 1. The smallest absolute Gasteiger partial charge is 0.303 e. The Kier molecular flexibility index (Phi) is 5.62. The molecule has 0 atom stereocenters. The third-order valence-electron chi connectivity index (χ3n) is 4.38. The minimum atomic E-state index is -3.94. The van der Waals surface area contributed by atoms with Crippen LogP contribution in [0.4, 0.5) is 0 Å². The van der Waals surface area contributed by atoms with Gasteiger partial charge in [-0.2, -0.15) is 0 Å². The summed E-state index contributed by atoms with van der Waals surface area (Å²) >= 11 is 5.95. The van der Waals surface area contributed by atoms with Crippen molar-refractivity contribution in [1.29, 1.82) is 0 Å². The summed E-state index contributed by atoms with van der Waals surface area (Å²) in [6.07, 6.45) is 0.516. The Bertz CT molecular complexity index is 1150. The first-order valence-electron chi connectivity index (χ1n) is 8.53. The van der Waals surface area contributed by atoms with Crippen LogP contribution in [0.15, 0.2) is 41.3 Å². The van der Waals surface area contributed by atoms with Crippen LogP contribution in [0.25, 0.3) is 11.0 Å². The van der Waals surface area contributed by atoms with Crippen molar-refractivity contribution in [1.82, 2.24) is 8.96 Å². The number of aromatic nitrogens is 2. The van der Waals surface area contributed by atoms with Crippen LogP contribution in [0.2, 0.25) is 5.15 Å². The quantitative estimate of drug-likeness (QED) is 0.583. The van der Waals surface area contributed by atoms with Crippen LogP contribution in [0, 0.1) is 6.92 Å². The van der Waals surface area contributed by atoms with Gasteiger partial charge in [0.2, 0.25) is 0 Å². The highest BCUT2D eigenvalue weighted by molar-refractivity contribution is 7.90. The first-order chi connectivity index (χ1) is 13.2.